The van der Waals surface area contributed by atoms with E-state index in [4.69, 9.17) is 9.47 Å². The zero-order valence-corrected chi connectivity index (χ0v) is 18.4. The van der Waals surface area contributed by atoms with Gasteiger partial charge in [-0.2, -0.15) is 18.3 Å². The second kappa shape index (κ2) is 9.29. The number of aliphatic hydroxyl groups excluding tert-OH is 1. The SMILES string of the molecule is COC(=O)N1c2ccc(-c3cnn(CCO)c3)c(Oc3ncncc3C(F)(F)F)c2CC[C@@H]1C. The number of rotatable bonds is 5. The summed E-state index contributed by atoms with van der Waals surface area (Å²) < 4.78 is 53.1. The van der Waals surface area contributed by atoms with Gasteiger partial charge in [0.2, 0.25) is 5.88 Å². The van der Waals surface area contributed by atoms with Gasteiger partial charge >= 0.3 is 12.3 Å². The van der Waals surface area contributed by atoms with Crippen LogP contribution in [0.1, 0.15) is 24.5 Å². The Bertz CT molecular complexity index is 1200. The van der Waals surface area contributed by atoms with Crippen LogP contribution in [-0.4, -0.2) is 50.7 Å². The van der Waals surface area contributed by atoms with Crippen molar-refractivity contribution in [3.63, 3.8) is 0 Å². The highest BCUT2D eigenvalue weighted by Crippen LogP contribution is 2.46. The second-order valence-corrected chi connectivity index (χ2v) is 7.72. The number of methoxy groups -OCH3 is 1. The molecule has 0 aliphatic carbocycles. The highest BCUT2D eigenvalue weighted by molar-refractivity contribution is 5.92. The molecule has 0 saturated heterocycles. The molecule has 1 aliphatic rings. The summed E-state index contributed by atoms with van der Waals surface area (Å²) in [5, 5.41) is 13.4. The third kappa shape index (κ3) is 4.40. The van der Waals surface area contributed by atoms with E-state index in [1.54, 1.807) is 18.3 Å². The molecule has 1 aliphatic heterocycles. The Morgan fingerprint density at radius 3 is 2.79 bits per heavy atom. The van der Waals surface area contributed by atoms with Gasteiger partial charge in [-0.05, 0) is 31.9 Å². The van der Waals surface area contributed by atoms with E-state index in [1.807, 2.05) is 6.92 Å². The van der Waals surface area contributed by atoms with E-state index in [1.165, 1.54) is 22.9 Å². The van der Waals surface area contributed by atoms with Crippen LogP contribution in [0.4, 0.5) is 23.7 Å². The lowest BCUT2D eigenvalue weighted by atomic mass is 9.92. The first-order chi connectivity index (χ1) is 16.2. The van der Waals surface area contributed by atoms with E-state index in [0.29, 0.717) is 41.4 Å². The summed E-state index contributed by atoms with van der Waals surface area (Å²) >= 11 is 0. The van der Waals surface area contributed by atoms with Gasteiger partial charge in [0.05, 0.1) is 32.1 Å². The Kier molecular flexibility index (Phi) is 6.42. The van der Waals surface area contributed by atoms with Crippen molar-refractivity contribution in [2.24, 2.45) is 0 Å². The fourth-order valence-corrected chi connectivity index (χ4v) is 3.94. The molecule has 3 aromatic rings. The maximum absolute atomic E-state index is 13.6. The fourth-order valence-electron chi connectivity index (χ4n) is 3.94. The number of fused-ring (bicyclic) bond motifs is 1. The number of hydrogen-bond acceptors (Lipinski definition) is 7. The topological polar surface area (TPSA) is 103 Å². The van der Waals surface area contributed by atoms with E-state index in [2.05, 4.69) is 15.1 Å². The number of amides is 1. The van der Waals surface area contributed by atoms with Crippen LogP contribution in [0.15, 0.2) is 37.1 Å². The van der Waals surface area contributed by atoms with Gasteiger partial charge in [-0.25, -0.2) is 14.8 Å². The summed E-state index contributed by atoms with van der Waals surface area (Å²) in [6, 6.07) is 3.17. The Balaban J connectivity index is 1.90. The average Bonchev–Trinajstić information content (AvgIpc) is 3.27. The van der Waals surface area contributed by atoms with Gasteiger partial charge in [0.25, 0.3) is 0 Å². The molecule has 12 heteroatoms. The van der Waals surface area contributed by atoms with Crippen LogP contribution in [0.2, 0.25) is 0 Å². The van der Waals surface area contributed by atoms with Crippen molar-refractivity contribution < 1.29 is 32.5 Å². The summed E-state index contributed by atoms with van der Waals surface area (Å²) in [7, 11) is 1.27. The van der Waals surface area contributed by atoms with Crippen LogP contribution >= 0.6 is 0 Å². The largest absolute Gasteiger partial charge is 0.452 e. The number of anilines is 1. The lowest BCUT2D eigenvalue weighted by Gasteiger charge is -2.35. The molecule has 1 amide bonds. The van der Waals surface area contributed by atoms with E-state index < -0.39 is 23.7 Å². The average molecular weight is 477 g/mol. The Morgan fingerprint density at radius 2 is 2.09 bits per heavy atom. The van der Waals surface area contributed by atoms with Crippen molar-refractivity contribution in [3.8, 4) is 22.8 Å². The predicted molar refractivity (Wildman–Crippen MR) is 115 cm³/mol. The maximum atomic E-state index is 13.6. The Morgan fingerprint density at radius 1 is 1.29 bits per heavy atom. The van der Waals surface area contributed by atoms with Crippen molar-refractivity contribution in [1.29, 1.82) is 0 Å². The molecule has 0 spiro atoms. The first-order valence-corrected chi connectivity index (χ1v) is 10.5. The molecule has 0 saturated carbocycles. The number of hydrogen-bond donors (Lipinski definition) is 1. The van der Waals surface area contributed by atoms with Gasteiger partial charge in [0, 0.05) is 35.1 Å². The second-order valence-electron chi connectivity index (χ2n) is 7.72. The predicted octanol–water partition coefficient (Wildman–Crippen LogP) is 4.05. The van der Waals surface area contributed by atoms with Crippen molar-refractivity contribution in [3.05, 3.63) is 48.2 Å². The third-order valence-corrected chi connectivity index (χ3v) is 5.57. The highest BCUT2D eigenvalue weighted by Gasteiger charge is 2.37. The summed E-state index contributed by atoms with van der Waals surface area (Å²) in [6.07, 6.45) is 0.482. The molecule has 0 fully saturated rings. The van der Waals surface area contributed by atoms with Crippen LogP contribution in [0.5, 0.6) is 11.6 Å². The molecule has 1 N–H and O–H groups in total. The van der Waals surface area contributed by atoms with Crippen LogP contribution < -0.4 is 9.64 Å². The van der Waals surface area contributed by atoms with Crippen LogP contribution in [0.25, 0.3) is 11.1 Å². The van der Waals surface area contributed by atoms with Crippen molar-refractivity contribution in [1.82, 2.24) is 19.7 Å². The number of carbonyl (C=O) groups is 1. The summed E-state index contributed by atoms with van der Waals surface area (Å²) in [6.45, 7) is 1.98. The number of halogens is 3. The number of aromatic nitrogens is 4. The lowest BCUT2D eigenvalue weighted by Crippen LogP contribution is -2.42. The van der Waals surface area contributed by atoms with Crippen LogP contribution in [-0.2, 0) is 23.9 Å². The molecule has 1 atom stereocenters. The van der Waals surface area contributed by atoms with Gasteiger partial charge in [-0.1, -0.05) is 0 Å². The molecular formula is C22H22F3N5O4. The summed E-state index contributed by atoms with van der Waals surface area (Å²) in [5.74, 6) is -0.519. The molecule has 0 radical (unpaired) electrons. The summed E-state index contributed by atoms with van der Waals surface area (Å²) in [4.78, 5) is 21.2. The quantitative estimate of drug-likeness (QED) is 0.591. The minimum atomic E-state index is -4.73. The fraction of sp³-hybridized carbons (Fsp3) is 0.364. The van der Waals surface area contributed by atoms with E-state index in [-0.39, 0.29) is 24.9 Å². The number of alkyl halides is 3. The number of aliphatic hydroxyl groups is 1. The first kappa shape index (κ1) is 23.5. The van der Waals surface area contributed by atoms with Gasteiger partial charge in [0.15, 0.2) is 0 Å². The van der Waals surface area contributed by atoms with E-state index >= 15 is 0 Å². The van der Waals surface area contributed by atoms with Crippen molar-refractivity contribution in [2.45, 2.75) is 38.5 Å². The normalized spacial score (nSPS) is 15.7. The monoisotopic (exact) mass is 477 g/mol. The highest BCUT2D eigenvalue weighted by atomic mass is 19.4. The molecule has 180 valence electrons. The minimum Gasteiger partial charge on any atom is -0.452 e. The van der Waals surface area contributed by atoms with Crippen LogP contribution in [0.3, 0.4) is 0 Å². The van der Waals surface area contributed by atoms with Gasteiger partial charge in [0.1, 0.15) is 17.6 Å². The molecular weight excluding hydrogens is 455 g/mol. The zero-order chi connectivity index (χ0) is 24.5. The molecule has 0 bridgehead atoms. The lowest BCUT2D eigenvalue weighted by molar-refractivity contribution is -0.139. The number of carbonyl (C=O) groups excluding carboxylic acids is 1. The molecule has 1 aromatic carbocycles. The van der Waals surface area contributed by atoms with Gasteiger partial charge < -0.3 is 14.6 Å². The smallest absolute Gasteiger partial charge is 0.423 e. The number of nitrogens with zero attached hydrogens (tertiary/aromatic N) is 5. The molecule has 0 unspecified atom stereocenters. The first-order valence-electron chi connectivity index (χ1n) is 10.5. The molecule has 2 aromatic heterocycles. The third-order valence-electron chi connectivity index (χ3n) is 5.57. The molecule has 3 heterocycles. The van der Waals surface area contributed by atoms with Crippen molar-refractivity contribution >= 4 is 11.8 Å². The number of ether oxygens (including phenoxy) is 2. The minimum absolute atomic E-state index is 0.128. The Hall–Kier alpha value is -3.67. The number of benzene rings is 1. The Labute approximate surface area is 192 Å². The van der Waals surface area contributed by atoms with Gasteiger partial charge in [-0.15, -0.1) is 0 Å². The van der Waals surface area contributed by atoms with Crippen LogP contribution in [0, 0.1) is 0 Å². The zero-order valence-electron chi connectivity index (χ0n) is 18.4. The van der Waals surface area contributed by atoms with Gasteiger partial charge in [-0.3, -0.25) is 9.58 Å². The molecule has 34 heavy (non-hydrogen) atoms. The standard InChI is InChI=1S/C22H22F3N5O4/c1-13-3-4-16-18(30(13)21(32)33-2)6-5-15(14-9-28-29(11-14)7-8-31)19(16)34-20-17(22(23,24)25)10-26-12-27-20/h5-6,9-13,31H,3-4,7-8H2,1-2H3/t13-/m0/s1. The molecule has 4 rings (SSSR count). The molecule has 9 nitrogen and oxygen atoms in total. The maximum Gasteiger partial charge on any atom is 0.423 e. The van der Waals surface area contributed by atoms with E-state index in [9.17, 15) is 23.1 Å². The van der Waals surface area contributed by atoms with E-state index in [0.717, 1.165) is 6.33 Å². The van der Waals surface area contributed by atoms with Crippen molar-refractivity contribution in [2.75, 3.05) is 18.6 Å². The summed E-state index contributed by atoms with van der Waals surface area (Å²) in [5.41, 5.74) is 0.937.